The van der Waals surface area contributed by atoms with Gasteiger partial charge in [0.25, 0.3) is 0 Å². The summed E-state index contributed by atoms with van der Waals surface area (Å²) in [5.41, 5.74) is 3.85. The van der Waals surface area contributed by atoms with Crippen molar-refractivity contribution in [1.82, 2.24) is 0 Å². The van der Waals surface area contributed by atoms with Gasteiger partial charge in [0.2, 0.25) is 11.6 Å². The lowest BCUT2D eigenvalue weighted by Gasteiger charge is -2.35. The molecule has 0 spiro atoms. The second-order valence-corrected chi connectivity index (χ2v) is 25.2. The number of para-hydroxylation sites is 2. The Kier molecular flexibility index (Phi) is 16.6. The summed E-state index contributed by atoms with van der Waals surface area (Å²) in [7, 11) is 0. The SMILES string of the molecule is C=Cc1ccc(Oc2ccc(C3(c4c(F)c(F)c(F)c(F)c4F)c4ccccc4-c4ccc(N(c5ccccc5)c5ccc(-c6ccc(N(c7ccccc7)c7ccc8c(c7)C(c7ccc(Oc9ccc(C=C)cc9)cc7)(c7c(F)c(F)c(F)c(F)c7F)c7ccccc7-8)cc6)cc5)cc43)cc2)cc1. The molecule has 0 saturated heterocycles. The molecule has 0 aliphatic heterocycles. The highest BCUT2D eigenvalue weighted by atomic mass is 19.2. The smallest absolute Gasteiger partial charge is 0.200 e. The predicted molar refractivity (Wildman–Crippen MR) is 389 cm³/mol. The van der Waals surface area contributed by atoms with E-state index in [1.807, 2.05) is 155 Å². The van der Waals surface area contributed by atoms with Gasteiger partial charge in [0, 0.05) is 45.3 Å². The Morgan fingerprint density at radius 3 is 0.846 bits per heavy atom. The first kappa shape index (κ1) is 65.7. The van der Waals surface area contributed by atoms with Crippen molar-refractivity contribution in [1.29, 1.82) is 0 Å². The van der Waals surface area contributed by atoms with E-state index < -0.39 is 80.1 Å². The van der Waals surface area contributed by atoms with Crippen LogP contribution in [0.4, 0.5) is 78.0 Å². The number of anilines is 6. The number of rotatable bonds is 17. The summed E-state index contributed by atoms with van der Waals surface area (Å²) < 4.78 is 175. The molecule has 0 amide bonds. The molecule has 104 heavy (non-hydrogen) atoms. The maximum absolute atomic E-state index is 17.1. The van der Waals surface area contributed by atoms with E-state index in [9.17, 15) is 0 Å². The number of benzene rings is 14. The summed E-state index contributed by atoms with van der Waals surface area (Å²) in [4.78, 5) is 3.85. The normalized spacial score (nSPS) is 14.6. The van der Waals surface area contributed by atoms with Crippen molar-refractivity contribution in [2.75, 3.05) is 9.80 Å². The Bertz CT molecular complexity index is 5290. The van der Waals surface area contributed by atoms with Crippen LogP contribution < -0.4 is 19.3 Å². The first-order chi connectivity index (χ1) is 50.6. The van der Waals surface area contributed by atoms with Gasteiger partial charge in [0.1, 0.15) is 23.0 Å². The topological polar surface area (TPSA) is 24.9 Å². The van der Waals surface area contributed by atoms with E-state index in [-0.39, 0.29) is 33.4 Å². The molecular formula is C90H54F10N2O2. The monoisotopic (exact) mass is 1380 g/mol. The number of nitrogens with zero attached hydrogens (tertiary/aromatic N) is 2. The molecule has 2 aliphatic rings. The predicted octanol–water partition coefficient (Wildman–Crippen LogP) is 25.3. The van der Waals surface area contributed by atoms with Gasteiger partial charge in [0.05, 0.1) is 10.8 Å². The summed E-state index contributed by atoms with van der Waals surface area (Å²) in [6, 6.07) is 85.1. The second kappa shape index (κ2) is 26.2. The summed E-state index contributed by atoms with van der Waals surface area (Å²) in [5, 5.41) is 0. The van der Waals surface area contributed by atoms with Crippen LogP contribution in [0.1, 0.15) is 55.6 Å². The molecular weight excluding hydrogens is 1330 g/mol. The fourth-order valence-electron chi connectivity index (χ4n) is 14.9. The minimum Gasteiger partial charge on any atom is -0.457 e. The van der Waals surface area contributed by atoms with Crippen LogP contribution in [0.2, 0.25) is 0 Å². The van der Waals surface area contributed by atoms with E-state index in [4.69, 9.17) is 9.47 Å². The minimum atomic E-state index is -2.29. The largest absolute Gasteiger partial charge is 0.457 e. The van der Waals surface area contributed by atoms with Crippen LogP contribution >= 0.6 is 0 Å². The van der Waals surface area contributed by atoms with Crippen molar-refractivity contribution in [3.8, 4) is 56.4 Å². The minimum absolute atomic E-state index is 0.189. The third-order valence-corrected chi connectivity index (χ3v) is 19.6. The lowest BCUT2D eigenvalue weighted by Crippen LogP contribution is -2.32. The summed E-state index contributed by atoms with van der Waals surface area (Å²) >= 11 is 0. The van der Waals surface area contributed by atoms with Crippen LogP contribution in [0.3, 0.4) is 0 Å². The third kappa shape index (κ3) is 10.6. The average Bonchev–Trinajstić information content (AvgIpc) is 1.50. The summed E-state index contributed by atoms with van der Waals surface area (Å²) in [6.07, 6.45) is 3.37. The van der Waals surface area contributed by atoms with Gasteiger partial charge in [-0.25, -0.2) is 43.9 Å². The van der Waals surface area contributed by atoms with Crippen molar-refractivity contribution < 1.29 is 53.4 Å². The highest BCUT2D eigenvalue weighted by molar-refractivity contribution is 5.92. The number of ether oxygens (including phenoxy) is 2. The zero-order chi connectivity index (χ0) is 71.7. The molecule has 14 aromatic rings. The van der Waals surface area contributed by atoms with Gasteiger partial charge < -0.3 is 19.3 Å². The van der Waals surface area contributed by atoms with Crippen LogP contribution in [0.25, 0.3) is 45.5 Å². The zero-order valence-electron chi connectivity index (χ0n) is 54.8. The van der Waals surface area contributed by atoms with Gasteiger partial charge in [-0.05, 0) is 199 Å². The third-order valence-electron chi connectivity index (χ3n) is 19.6. The van der Waals surface area contributed by atoms with E-state index in [0.717, 1.165) is 22.3 Å². The van der Waals surface area contributed by atoms with E-state index in [1.165, 1.54) is 0 Å². The van der Waals surface area contributed by atoms with E-state index in [2.05, 4.69) is 13.2 Å². The van der Waals surface area contributed by atoms with Crippen molar-refractivity contribution >= 4 is 46.3 Å². The molecule has 2 aliphatic carbocycles. The highest BCUT2D eigenvalue weighted by Crippen LogP contribution is 2.61. The van der Waals surface area contributed by atoms with Crippen LogP contribution in [0, 0.1) is 58.2 Å². The van der Waals surface area contributed by atoms with E-state index in [0.29, 0.717) is 79.4 Å². The molecule has 0 heterocycles. The Hall–Kier alpha value is -12.9. The number of hydrogen-bond donors (Lipinski definition) is 0. The van der Waals surface area contributed by atoms with Gasteiger partial charge in [-0.3, -0.25) is 0 Å². The standard InChI is InChI=1S/C90H54F10N2O2/c1-3-53-23-41-65(42-24-53)103-67-45-31-57(32-46-67)89(77-79(91)83(95)87(99)84(96)80(77)92)73-21-13-11-19-69(73)71-49-39-63(51-75(71)89)101(59-15-7-5-8-16-59)61-35-27-55(28-36-61)56-29-37-62(38-30-56)102(60-17-9-6-10-18-60)64-40-50-72-70-20-12-14-22-74(70)90(76(72)52-64,78-81(93)85(97)88(100)86(98)82(78)94)58-33-47-68(48-34-58)104-66-43-25-54(4-2)26-44-66/h3-52H,1-2H2. The first-order valence-electron chi connectivity index (χ1n) is 33.1. The molecule has 0 bridgehead atoms. The molecule has 0 fully saturated rings. The van der Waals surface area contributed by atoms with Crippen LogP contribution in [-0.2, 0) is 10.8 Å². The highest BCUT2D eigenvalue weighted by Gasteiger charge is 2.53. The fourth-order valence-corrected chi connectivity index (χ4v) is 14.9. The van der Waals surface area contributed by atoms with E-state index in [1.54, 1.807) is 158 Å². The summed E-state index contributed by atoms with van der Waals surface area (Å²) in [6.45, 7) is 7.61. The molecule has 0 radical (unpaired) electrons. The molecule has 2 unspecified atom stereocenters. The second-order valence-electron chi connectivity index (χ2n) is 25.2. The van der Waals surface area contributed by atoms with Crippen molar-refractivity contribution in [2.45, 2.75) is 10.8 Å². The lowest BCUT2D eigenvalue weighted by molar-refractivity contribution is 0.363. The zero-order valence-corrected chi connectivity index (χ0v) is 54.8. The van der Waals surface area contributed by atoms with Gasteiger partial charge in [0.15, 0.2) is 46.5 Å². The molecule has 16 rings (SSSR count). The summed E-state index contributed by atoms with van der Waals surface area (Å²) in [5.74, 6) is -19.3. The van der Waals surface area contributed by atoms with Gasteiger partial charge in [-0.15, -0.1) is 0 Å². The van der Waals surface area contributed by atoms with E-state index >= 15 is 43.9 Å². The molecule has 2 atom stereocenters. The molecule has 4 nitrogen and oxygen atoms in total. The molecule has 0 aromatic heterocycles. The van der Waals surface area contributed by atoms with Gasteiger partial charge in [-0.2, -0.15) is 0 Å². The maximum atomic E-state index is 17.1. The fraction of sp³-hybridized carbons (Fsp3) is 0.0222. The maximum Gasteiger partial charge on any atom is 0.200 e. The van der Waals surface area contributed by atoms with Crippen molar-refractivity contribution in [3.05, 3.63) is 418 Å². The number of halogens is 10. The molecule has 0 saturated carbocycles. The lowest BCUT2D eigenvalue weighted by atomic mass is 9.67. The van der Waals surface area contributed by atoms with Crippen LogP contribution in [-0.4, -0.2) is 0 Å². The molecule has 14 heteroatoms. The quantitative estimate of drug-likeness (QED) is 0.0515. The Balaban J connectivity index is 0.786. The Morgan fingerprint density at radius 1 is 0.250 bits per heavy atom. The number of fused-ring (bicyclic) bond motifs is 6. The van der Waals surface area contributed by atoms with Crippen molar-refractivity contribution in [2.24, 2.45) is 0 Å². The van der Waals surface area contributed by atoms with Crippen LogP contribution in [0.5, 0.6) is 23.0 Å². The number of hydrogen-bond acceptors (Lipinski definition) is 4. The molecule has 0 N–H and O–H groups in total. The Morgan fingerprint density at radius 2 is 0.519 bits per heavy atom. The Labute approximate surface area is 591 Å². The van der Waals surface area contributed by atoms with Crippen molar-refractivity contribution in [3.63, 3.8) is 0 Å². The molecule has 14 aromatic carbocycles. The average molecular weight is 1390 g/mol. The van der Waals surface area contributed by atoms with Crippen LogP contribution in [0.15, 0.2) is 304 Å². The molecule has 506 valence electrons. The van der Waals surface area contributed by atoms with Gasteiger partial charge >= 0.3 is 0 Å². The first-order valence-corrected chi connectivity index (χ1v) is 33.1. The van der Waals surface area contributed by atoms with Gasteiger partial charge in [-0.1, -0.05) is 195 Å².